The number of aliphatic hydroxyl groups is 1. The van der Waals surface area contributed by atoms with E-state index in [2.05, 4.69) is 0 Å². The van der Waals surface area contributed by atoms with Crippen LogP contribution >= 0.6 is 23.2 Å². The van der Waals surface area contributed by atoms with Gasteiger partial charge in [-0.25, -0.2) is 0 Å². The molecule has 1 N–H and O–H groups in total. The Morgan fingerprint density at radius 2 is 2.20 bits per heavy atom. The van der Waals surface area contributed by atoms with Crippen LogP contribution in [0.3, 0.4) is 0 Å². The van der Waals surface area contributed by atoms with E-state index in [1.54, 1.807) is 19.1 Å². The van der Waals surface area contributed by atoms with Gasteiger partial charge in [-0.3, -0.25) is 0 Å². The van der Waals surface area contributed by atoms with Gasteiger partial charge in [-0.05, 0) is 19.1 Å². The molecule has 0 heterocycles. The average molecular weight is 179 g/mol. The molecule has 0 amide bonds. The number of alkyl halides is 1. The van der Waals surface area contributed by atoms with Gasteiger partial charge in [-0.15, -0.1) is 11.6 Å². The molecule has 56 valence electrons. The minimum absolute atomic E-state index is 0.241. The fraction of sp³-hybridized carbons (Fsp3) is 0.429. The lowest BCUT2D eigenvalue weighted by Gasteiger charge is -2.18. The van der Waals surface area contributed by atoms with Crippen molar-refractivity contribution in [1.82, 2.24) is 0 Å². The molecule has 0 spiro atoms. The van der Waals surface area contributed by atoms with Gasteiger partial charge in [0.25, 0.3) is 0 Å². The quantitative estimate of drug-likeness (QED) is 0.566. The highest BCUT2D eigenvalue weighted by atomic mass is 35.5. The Hall–Kier alpha value is -0.140. The zero-order valence-electron chi connectivity index (χ0n) is 5.56. The van der Waals surface area contributed by atoms with Gasteiger partial charge in [0, 0.05) is 11.5 Å². The Morgan fingerprint density at radius 3 is 2.60 bits per heavy atom. The Labute approximate surface area is 69.9 Å². The Bertz CT molecular complexity index is 184. The third-order valence-electron chi connectivity index (χ3n) is 1.24. The van der Waals surface area contributed by atoms with Crippen LogP contribution in [0.25, 0.3) is 0 Å². The monoisotopic (exact) mass is 178 g/mol. The van der Waals surface area contributed by atoms with E-state index >= 15 is 0 Å². The van der Waals surface area contributed by atoms with Crippen molar-refractivity contribution in [2.24, 2.45) is 0 Å². The Balaban J connectivity index is 2.88. The minimum Gasteiger partial charge on any atom is -0.512 e. The maximum atomic E-state index is 9.07. The first kappa shape index (κ1) is 7.96. The number of hydrogen-bond acceptors (Lipinski definition) is 1. The van der Waals surface area contributed by atoms with E-state index in [1.807, 2.05) is 0 Å². The summed E-state index contributed by atoms with van der Waals surface area (Å²) in [4.78, 5) is -0.612. The van der Waals surface area contributed by atoms with Gasteiger partial charge < -0.3 is 5.11 Å². The van der Waals surface area contributed by atoms with Crippen LogP contribution in [0.15, 0.2) is 22.9 Å². The van der Waals surface area contributed by atoms with Crippen LogP contribution in [0.5, 0.6) is 0 Å². The second-order valence-electron chi connectivity index (χ2n) is 2.55. The van der Waals surface area contributed by atoms with Crippen LogP contribution < -0.4 is 0 Å². The second kappa shape index (κ2) is 2.48. The van der Waals surface area contributed by atoms with E-state index in [0.29, 0.717) is 11.5 Å². The number of allylic oxidation sites excluding steroid dienone is 3. The van der Waals surface area contributed by atoms with Gasteiger partial charge in [0.1, 0.15) is 0 Å². The van der Waals surface area contributed by atoms with Gasteiger partial charge in [0.2, 0.25) is 0 Å². The largest absolute Gasteiger partial charge is 0.512 e. The van der Waals surface area contributed by atoms with E-state index < -0.39 is 4.87 Å². The maximum Gasteiger partial charge on any atom is 0.0956 e. The topological polar surface area (TPSA) is 20.2 Å². The first-order chi connectivity index (χ1) is 4.49. The lowest BCUT2D eigenvalue weighted by Crippen LogP contribution is -2.13. The van der Waals surface area contributed by atoms with Gasteiger partial charge in [-0.1, -0.05) is 11.6 Å². The van der Waals surface area contributed by atoms with Gasteiger partial charge in [0.05, 0.1) is 10.6 Å². The summed E-state index contributed by atoms with van der Waals surface area (Å²) in [5.41, 5.74) is 0. The number of hydrogen-bond donors (Lipinski definition) is 1. The molecule has 0 aromatic heterocycles. The van der Waals surface area contributed by atoms with Crippen molar-refractivity contribution < 1.29 is 5.11 Å². The maximum absolute atomic E-state index is 9.07. The zero-order valence-corrected chi connectivity index (χ0v) is 7.08. The van der Waals surface area contributed by atoms with Crippen LogP contribution in [0.4, 0.5) is 0 Å². The summed E-state index contributed by atoms with van der Waals surface area (Å²) in [5, 5.41) is 9.66. The van der Waals surface area contributed by atoms with E-state index in [0.717, 1.165) is 0 Å². The molecule has 0 aromatic rings. The highest BCUT2D eigenvalue weighted by Crippen LogP contribution is 2.30. The molecule has 3 heteroatoms. The highest BCUT2D eigenvalue weighted by molar-refractivity contribution is 6.32. The van der Waals surface area contributed by atoms with Crippen molar-refractivity contribution >= 4 is 23.2 Å². The smallest absolute Gasteiger partial charge is 0.0956 e. The summed E-state index contributed by atoms with van der Waals surface area (Å²) in [6.45, 7) is 1.77. The van der Waals surface area contributed by atoms with E-state index in [4.69, 9.17) is 28.3 Å². The van der Waals surface area contributed by atoms with Gasteiger partial charge >= 0.3 is 0 Å². The van der Waals surface area contributed by atoms with Crippen molar-refractivity contribution in [2.45, 2.75) is 18.2 Å². The molecule has 0 bridgehead atoms. The normalized spacial score (nSPS) is 33.1. The van der Waals surface area contributed by atoms with Crippen LogP contribution in [0.1, 0.15) is 13.3 Å². The van der Waals surface area contributed by atoms with Crippen molar-refractivity contribution in [3.8, 4) is 0 Å². The first-order valence-electron chi connectivity index (χ1n) is 2.96. The Kier molecular flexibility index (Phi) is 1.97. The van der Waals surface area contributed by atoms with Crippen LogP contribution in [-0.2, 0) is 0 Å². The van der Waals surface area contributed by atoms with Crippen LogP contribution in [-0.4, -0.2) is 9.98 Å². The molecular formula is C7H8Cl2O. The number of aliphatic hydroxyl groups excluding tert-OH is 1. The molecular weight excluding hydrogens is 171 g/mol. The summed E-state index contributed by atoms with van der Waals surface area (Å²) in [6.07, 6.45) is 3.71. The molecule has 1 rings (SSSR count). The van der Waals surface area contributed by atoms with Crippen LogP contribution in [0, 0.1) is 0 Å². The molecule has 0 fully saturated rings. The Morgan fingerprint density at radius 1 is 1.60 bits per heavy atom. The van der Waals surface area contributed by atoms with E-state index in [9.17, 15) is 0 Å². The van der Waals surface area contributed by atoms with Crippen molar-refractivity contribution in [1.29, 1.82) is 0 Å². The van der Waals surface area contributed by atoms with Crippen molar-refractivity contribution in [3.63, 3.8) is 0 Å². The highest BCUT2D eigenvalue weighted by Gasteiger charge is 2.20. The molecule has 0 aliphatic heterocycles. The summed E-state index contributed by atoms with van der Waals surface area (Å²) >= 11 is 11.5. The van der Waals surface area contributed by atoms with Crippen molar-refractivity contribution in [2.75, 3.05) is 0 Å². The molecule has 1 atom stereocenters. The fourth-order valence-electron chi connectivity index (χ4n) is 0.949. The van der Waals surface area contributed by atoms with Gasteiger partial charge in [-0.2, -0.15) is 0 Å². The summed E-state index contributed by atoms with van der Waals surface area (Å²) in [6, 6.07) is 0. The van der Waals surface area contributed by atoms with E-state index in [1.165, 1.54) is 0 Å². The zero-order chi connectivity index (χ0) is 7.78. The third-order valence-corrected chi connectivity index (χ3v) is 1.70. The summed E-state index contributed by atoms with van der Waals surface area (Å²) in [7, 11) is 0. The van der Waals surface area contributed by atoms with Crippen LogP contribution in [0.2, 0.25) is 0 Å². The molecule has 0 aromatic carbocycles. The number of rotatable bonds is 0. The molecule has 0 saturated carbocycles. The van der Waals surface area contributed by atoms with E-state index in [-0.39, 0.29) is 5.76 Å². The minimum atomic E-state index is -0.612. The van der Waals surface area contributed by atoms with Crippen molar-refractivity contribution in [3.05, 3.63) is 22.9 Å². The lowest BCUT2D eigenvalue weighted by molar-refractivity contribution is 0.393. The molecule has 10 heavy (non-hydrogen) atoms. The number of halogens is 2. The summed E-state index contributed by atoms with van der Waals surface area (Å²) < 4.78 is 0. The summed E-state index contributed by atoms with van der Waals surface area (Å²) in [5.74, 6) is 0.241. The molecule has 1 aliphatic carbocycles. The predicted molar refractivity (Wildman–Crippen MR) is 43.5 cm³/mol. The molecule has 1 unspecified atom stereocenters. The standard InChI is InChI=1S/C7H8Cl2O/c1-7(9)3-5(8)2-6(10)4-7/h3-4,10H,2H2,1H3. The second-order valence-corrected chi connectivity index (χ2v) is 3.85. The molecule has 1 nitrogen and oxygen atoms in total. The van der Waals surface area contributed by atoms with Gasteiger partial charge in [0.15, 0.2) is 0 Å². The molecule has 0 saturated heterocycles. The lowest BCUT2D eigenvalue weighted by atomic mass is 10.0. The fourth-order valence-corrected chi connectivity index (χ4v) is 1.63. The molecule has 0 radical (unpaired) electrons. The molecule has 1 aliphatic rings. The first-order valence-corrected chi connectivity index (χ1v) is 3.72. The third kappa shape index (κ3) is 1.93. The predicted octanol–water partition coefficient (Wildman–Crippen LogP) is 2.95. The SMILES string of the molecule is CC1(Cl)C=C(O)CC(Cl)=C1. The average Bonchev–Trinajstić information content (AvgIpc) is 1.54.